The molecule has 0 aliphatic heterocycles. The molecule has 4 aliphatic rings. The molecule has 0 aromatic carbocycles. The van der Waals surface area contributed by atoms with Crippen molar-refractivity contribution in [3.8, 4) is 0 Å². The Kier molecular flexibility index (Phi) is 16.3. The van der Waals surface area contributed by atoms with Crippen LogP contribution < -0.4 is 0 Å². The topological polar surface area (TPSA) is 36.9 Å². The van der Waals surface area contributed by atoms with Crippen molar-refractivity contribution in [1.29, 1.82) is 0 Å². The van der Waals surface area contributed by atoms with Gasteiger partial charge in [-0.15, -0.1) is 0 Å². The van der Waals surface area contributed by atoms with Crippen LogP contribution in [-0.4, -0.2) is 32.2 Å². The molecule has 4 aliphatic carbocycles. The molecule has 4 fully saturated rings. The lowest BCUT2D eigenvalue weighted by Crippen LogP contribution is -2.47. The molecule has 0 aromatic heterocycles. The molecule has 0 bridgehead atoms. The predicted molar refractivity (Wildman–Crippen MR) is 165 cm³/mol. The van der Waals surface area contributed by atoms with Crippen molar-refractivity contribution >= 4 is 0 Å². The molecule has 0 aromatic rings. The molecule has 0 heterocycles. The zero-order valence-electron chi connectivity index (χ0n) is 26.4. The van der Waals surface area contributed by atoms with Crippen LogP contribution in [0.2, 0.25) is 0 Å². The number of ether oxygens (including phenoxy) is 2. The number of rotatable bonds is 25. The highest BCUT2D eigenvalue weighted by Crippen LogP contribution is 2.43. The fourth-order valence-electron chi connectivity index (χ4n) is 7.64. The second-order valence-electron chi connectivity index (χ2n) is 14.2. The first-order chi connectivity index (χ1) is 19.8. The van der Waals surface area contributed by atoms with E-state index in [9.17, 15) is 0 Å². The summed E-state index contributed by atoms with van der Waals surface area (Å²) in [7, 11) is 0. The molecule has 4 heteroatoms. The maximum Gasteiger partial charge on any atom is 0.171 e. The van der Waals surface area contributed by atoms with E-state index in [4.69, 9.17) is 19.2 Å². The summed E-state index contributed by atoms with van der Waals surface area (Å²) in [6.45, 7) is 3.16. The Morgan fingerprint density at radius 2 is 0.875 bits per heavy atom. The molecule has 1 unspecified atom stereocenters. The van der Waals surface area contributed by atoms with Crippen LogP contribution >= 0.6 is 0 Å². The lowest BCUT2D eigenvalue weighted by atomic mass is 9.76. The fraction of sp³-hybridized carbons (Fsp3) is 1.00. The van der Waals surface area contributed by atoms with Crippen LogP contribution in [0.15, 0.2) is 0 Å². The molecular weight excluding hydrogens is 496 g/mol. The molecule has 0 radical (unpaired) electrons. The summed E-state index contributed by atoms with van der Waals surface area (Å²) in [4.78, 5) is 11.0. The molecule has 4 rings (SSSR count). The van der Waals surface area contributed by atoms with Crippen LogP contribution in [0.3, 0.4) is 0 Å². The second kappa shape index (κ2) is 19.9. The van der Waals surface area contributed by atoms with Crippen LogP contribution in [0.1, 0.15) is 173 Å². The van der Waals surface area contributed by atoms with Gasteiger partial charge in [-0.25, -0.2) is 9.78 Å². The van der Waals surface area contributed by atoms with Gasteiger partial charge in [0.25, 0.3) is 0 Å². The molecule has 4 nitrogen and oxygen atoms in total. The Labute approximate surface area is 248 Å². The summed E-state index contributed by atoms with van der Waals surface area (Å²) in [5.74, 6) is 3.23. The fourth-order valence-corrected chi connectivity index (χ4v) is 7.64. The smallest absolute Gasteiger partial charge is 0.171 e. The first-order valence-electron chi connectivity index (χ1n) is 18.4. The molecule has 234 valence electrons. The van der Waals surface area contributed by atoms with Crippen LogP contribution in [0, 0.1) is 23.7 Å². The van der Waals surface area contributed by atoms with E-state index < -0.39 is 0 Å². The van der Waals surface area contributed by atoms with E-state index in [1.165, 1.54) is 148 Å². The van der Waals surface area contributed by atoms with Crippen LogP contribution in [0.25, 0.3) is 0 Å². The highest BCUT2D eigenvalue weighted by molar-refractivity contribution is 4.86. The number of hydrogen-bond acceptors (Lipinski definition) is 4. The summed E-state index contributed by atoms with van der Waals surface area (Å²) in [6, 6.07) is 0. The van der Waals surface area contributed by atoms with Gasteiger partial charge in [0.05, 0.1) is 26.4 Å². The van der Waals surface area contributed by atoms with Gasteiger partial charge in [0.2, 0.25) is 0 Å². The highest BCUT2D eigenvalue weighted by atomic mass is 17.2. The van der Waals surface area contributed by atoms with Gasteiger partial charge in [-0.2, -0.15) is 0 Å². The van der Waals surface area contributed by atoms with Gasteiger partial charge in [-0.05, 0) is 62.7 Å². The Balaban J connectivity index is 1.12. The standard InChI is InChI=1S/C36H66O4/c1-3-16-32(17-4-1)21-8-12-28-37-36(35-23-15-24-35,38-29-13-9-22-33-19-6-7-20-33)27-10-14-31-40-39-30-11-2-5-18-34-25-26-34/h32-35H,1-31H2. The van der Waals surface area contributed by atoms with E-state index in [0.717, 1.165) is 63.3 Å². The average Bonchev–Trinajstić information content (AvgIpc) is 3.62. The minimum absolute atomic E-state index is 0.362. The maximum atomic E-state index is 6.81. The summed E-state index contributed by atoms with van der Waals surface area (Å²) in [6.07, 6.45) is 36.1. The molecule has 0 amide bonds. The Hall–Kier alpha value is -0.160. The largest absolute Gasteiger partial charge is 0.350 e. The summed E-state index contributed by atoms with van der Waals surface area (Å²) in [5, 5.41) is 0. The molecule has 1 atom stereocenters. The lowest BCUT2D eigenvalue weighted by Gasteiger charge is -2.45. The summed E-state index contributed by atoms with van der Waals surface area (Å²) < 4.78 is 13.6. The summed E-state index contributed by atoms with van der Waals surface area (Å²) >= 11 is 0. The molecule has 4 saturated carbocycles. The third-order valence-corrected chi connectivity index (χ3v) is 10.8. The SMILES string of the molecule is C1CCC(CCCCOC(CCCCOOCCCCCC2CC2)(OCCCCC2CCCC2)C2CCC2)CC1. The van der Waals surface area contributed by atoms with Crippen LogP contribution in [0.4, 0.5) is 0 Å². The van der Waals surface area contributed by atoms with Gasteiger partial charge in [0.15, 0.2) is 5.79 Å². The third kappa shape index (κ3) is 13.0. The quantitative estimate of drug-likeness (QED) is 0.0480. The minimum Gasteiger partial charge on any atom is -0.350 e. The minimum atomic E-state index is -0.362. The van der Waals surface area contributed by atoms with Crippen LogP contribution in [-0.2, 0) is 19.2 Å². The Morgan fingerprint density at radius 3 is 1.40 bits per heavy atom. The van der Waals surface area contributed by atoms with E-state index in [1.807, 2.05) is 0 Å². The molecule has 40 heavy (non-hydrogen) atoms. The van der Waals surface area contributed by atoms with Gasteiger partial charge in [-0.1, -0.05) is 122 Å². The highest BCUT2D eigenvalue weighted by Gasteiger charge is 2.43. The van der Waals surface area contributed by atoms with Crippen LogP contribution in [0.5, 0.6) is 0 Å². The molecule has 0 N–H and O–H groups in total. The van der Waals surface area contributed by atoms with Crippen molar-refractivity contribution in [2.75, 3.05) is 26.4 Å². The van der Waals surface area contributed by atoms with Crippen molar-refractivity contribution < 1.29 is 19.2 Å². The third-order valence-electron chi connectivity index (χ3n) is 10.8. The first kappa shape index (κ1) is 32.7. The maximum absolute atomic E-state index is 6.81. The van der Waals surface area contributed by atoms with Crippen molar-refractivity contribution in [3.63, 3.8) is 0 Å². The summed E-state index contributed by atoms with van der Waals surface area (Å²) in [5.41, 5.74) is 0. The van der Waals surface area contributed by atoms with Gasteiger partial charge in [0.1, 0.15) is 0 Å². The predicted octanol–water partition coefficient (Wildman–Crippen LogP) is 10.7. The zero-order chi connectivity index (χ0) is 27.6. The van der Waals surface area contributed by atoms with Crippen molar-refractivity contribution in [2.45, 2.75) is 179 Å². The van der Waals surface area contributed by atoms with Crippen molar-refractivity contribution in [3.05, 3.63) is 0 Å². The van der Waals surface area contributed by atoms with E-state index in [2.05, 4.69) is 0 Å². The average molecular weight is 563 g/mol. The van der Waals surface area contributed by atoms with Gasteiger partial charge >= 0.3 is 0 Å². The van der Waals surface area contributed by atoms with E-state index >= 15 is 0 Å². The molecule has 0 saturated heterocycles. The first-order valence-corrected chi connectivity index (χ1v) is 18.4. The number of hydrogen-bond donors (Lipinski definition) is 0. The van der Waals surface area contributed by atoms with Gasteiger partial charge in [0, 0.05) is 12.3 Å². The Bertz CT molecular complexity index is 606. The second-order valence-corrected chi connectivity index (χ2v) is 14.2. The van der Waals surface area contributed by atoms with E-state index in [0.29, 0.717) is 12.5 Å². The zero-order valence-corrected chi connectivity index (χ0v) is 26.4. The number of unbranched alkanes of at least 4 members (excludes halogenated alkanes) is 5. The lowest BCUT2D eigenvalue weighted by molar-refractivity contribution is -0.299. The van der Waals surface area contributed by atoms with Gasteiger partial charge in [-0.3, -0.25) is 0 Å². The van der Waals surface area contributed by atoms with Gasteiger partial charge < -0.3 is 9.47 Å². The monoisotopic (exact) mass is 562 g/mol. The Morgan fingerprint density at radius 1 is 0.400 bits per heavy atom. The molecular formula is C36H66O4. The molecule has 0 spiro atoms. The van der Waals surface area contributed by atoms with E-state index in [1.54, 1.807) is 0 Å². The van der Waals surface area contributed by atoms with E-state index in [-0.39, 0.29) is 5.79 Å². The normalized spacial score (nSPS) is 22.5. The van der Waals surface area contributed by atoms with Crippen molar-refractivity contribution in [2.24, 2.45) is 23.7 Å². The van der Waals surface area contributed by atoms with Crippen molar-refractivity contribution in [1.82, 2.24) is 0 Å².